The second kappa shape index (κ2) is 5.89. The summed E-state index contributed by atoms with van der Waals surface area (Å²) in [4.78, 5) is 13.8. The van der Waals surface area contributed by atoms with E-state index in [0.717, 1.165) is 44.5 Å². The van der Waals surface area contributed by atoms with Gasteiger partial charge >= 0.3 is 0 Å². The van der Waals surface area contributed by atoms with E-state index in [-0.39, 0.29) is 0 Å². The number of carbonyl (C=O) groups is 1. The first-order valence-corrected chi connectivity index (χ1v) is 6.81. The van der Waals surface area contributed by atoms with E-state index < -0.39 is 0 Å². The summed E-state index contributed by atoms with van der Waals surface area (Å²) in [5.74, 6) is 0.910. The topological polar surface area (TPSA) is 46.3 Å². The Kier molecular flexibility index (Phi) is 4.24. The van der Waals surface area contributed by atoms with Crippen molar-refractivity contribution in [1.82, 2.24) is 4.90 Å². The fourth-order valence-electron chi connectivity index (χ4n) is 2.50. The number of amides is 1. The van der Waals surface area contributed by atoms with Crippen LogP contribution in [0.15, 0.2) is 24.3 Å². The summed E-state index contributed by atoms with van der Waals surface area (Å²) in [5, 5.41) is 0. The van der Waals surface area contributed by atoms with Gasteiger partial charge in [0.2, 0.25) is 5.91 Å². The number of anilines is 1. The van der Waals surface area contributed by atoms with Crippen LogP contribution >= 0.6 is 0 Å². The Balaban J connectivity index is 1.75. The van der Waals surface area contributed by atoms with Crippen LogP contribution in [-0.2, 0) is 11.2 Å². The molecule has 1 fully saturated rings. The number of hydrogen-bond acceptors (Lipinski definition) is 2. The summed E-state index contributed by atoms with van der Waals surface area (Å²) in [6.07, 6.45) is 3.91. The molecule has 2 N–H and O–H groups in total. The van der Waals surface area contributed by atoms with Crippen molar-refractivity contribution in [3.63, 3.8) is 0 Å². The Morgan fingerprint density at radius 3 is 2.67 bits per heavy atom. The van der Waals surface area contributed by atoms with Crippen LogP contribution in [0.2, 0.25) is 0 Å². The maximum Gasteiger partial charge on any atom is 0.222 e. The molecule has 1 aliphatic heterocycles. The summed E-state index contributed by atoms with van der Waals surface area (Å²) in [6.45, 7) is 4.01. The van der Waals surface area contributed by atoms with Crippen LogP contribution in [0.5, 0.6) is 0 Å². The molecule has 1 aliphatic rings. The lowest BCUT2D eigenvalue weighted by molar-refractivity contribution is -0.127. The van der Waals surface area contributed by atoms with E-state index in [1.165, 1.54) is 5.56 Å². The summed E-state index contributed by atoms with van der Waals surface area (Å²) >= 11 is 0. The average Bonchev–Trinajstić information content (AvgIpc) is 2.73. The number of nitrogens with zero attached hydrogens (tertiary/aromatic N) is 1. The molecule has 3 heteroatoms. The molecule has 0 radical (unpaired) electrons. The van der Waals surface area contributed by atoms with Gasteiger partial charge in [0.05, 0.1) is 0 Å². The summed E-state index contributed by atoms with van der Waals surface area (Å²) in [5.41, 5.74) is 7.75. The Hall–Kier alpha value is -1.51. The molecule has 0 aromatic heterocycles. The number of hydrogen-bond donors (Lipinski definition) is 1. The third-order valence-corrected chi connectivity index (χ3v) is 3.75. The van der Waals surface area contributed by atoms with Crippen molar-refractivity contribution in [3.8, 4) is 0 Å². The van der Waals surface area contributed by atoms with Gasteiger partial charge in [-0.05, 0) is 36.5 Å². The number of aryl methyl sites for hydroxylation is 1. The van der Waals surface area contributed by atoms with E-state index >= 15 is 0 Å². The van der Waals surface area contributed by atoms with E-state index in [4.69, 9.17) is 5.73 Å². The second-order valence-electron chi connectivity index (χ2n) is 5.16. The first kappa shape index (κ1) is 12.9. The zero-order valence-corrected chi connectivity index (χ0v) is 11.1. The van der Waals surface area contributed by atoms with Crippen LogP contribution in [0.1, 0.15) is 31.7 Å². The fourth-order valence-corrected chi connectivity index (χ4v) is 2.50. The normalized spacial score (nSPS) is 19.5. The van der Waals surface area contributed by atoms with Crippen molar-refractivity contribution in [2.75, 3.05) is 18.8 Å². The van der Waals surface area contributed by atoms with E-state index in [1.54, 1.807) is 0 Å². The zero-order chi connectivity index (χ0) is 13.0. The largest absolute Gasteiger partial charge is 0.399 e. The molecule has 3 nitrogen and oxygen atoms in total. The number of nitrogen functional groups attached to an aromatic ring is 1. The Bertz CT molecular complexity index is 399. The van der Waals surface area contributed by atoms with Gasteiger partial charge in [0, 0.05) is 25.2 Å². The molecule has 0 bridgehead atoms. The van der Waals surface area contributed by atoms with Gasteiger partial charge in [-0.2, -0.15) is 0 Å². The molecule has 1 amide bonds. The molecule has 1 unspecified atom stereocenters. The number of likely N-dealkylation sites (tertiary alicyclic amines) is 1. The van der Waals surface area contributed by atoms with Gasteiger partial charge in [-0.25, -0.2) is 0 Å². The minimum absolute atomic E-state index is 0.333. The molecule has 0 spiro atoms. The highest BCUT2D eigenvalue weighted by molar-refractivity contribution is 5.78. The highest BCUT2D eigenvalue weighted by atomic mass is 16.2. The predicted octanol–water partition coefficient (Wildman–Crippen LogP) is 2.46. The van der Waals surface area contributed by atoms with E-state index in [2.05, 4.69) is 19.1 Å². The standard InChI is InChI=1S/C15H22N2O/c1-2-12-10-15(18)17(11-12)9-3-4-13-5-7-14(16)8-6-13/h5-8,12H,2-4,9-11,16H2,1H3. The quantitative estimate of drug-likeness (QED) is 0.811. The highest BCUT2D eigenvalue weighted by Gasteiger charge is 2.27. The lowest BCUT2D eigenvalue weighted by Gasteiger charge is -2.16. The molecule has 2 rings (SSSR count). The van der Waals surface area contributed by atoms with Crippen molar-refractivity contribution in [3.05, 3.63) is 29.8 Å². The van der Waals surface area contributed by atoms with Gasteiger partial charge in [0.1, 0.15) is 0 Å². The molecule has 18 heavy (non-hydrogen) atoms. The van der Waals surface area contributed by atoms with Crippen LogP contribution < -0.4 is 5.73 Å². The highest BCUT2D eigenvalue weighted by Crippen LogP contribution is 2.20. The molecule has 1 atom stereocenters. The summed E-state index contributed by atoms with van der Waals surface area (Å²) in [7, 11) is 0. The van der Waals surface area contributed by atoms with Crippen molar-refractivity contribution in [2.24, 2.45) is 5.92 Å². The number of benzene rings is 1. The van der Waals surface area contributed by atoms with Crippen LogP contribution in [0.3, 0.4) is 0 Å². The molecular formula is C15H22N2O. The van der Waals surface area contributed by atoms with Crippen LogP contribution in [0.4, 0.5) is 5.69 Å². The molecule has 0 saturated carbocycles. The number of carbonyl (C=O) groups excluding carboxylic acids is 1. The van der Waals surface area contributed by atoms with E-state index in [1.807, 2.05) is 17.0 Å². The van der Waals surface area contributed by atoms with Gasteiger partial charge in [0.15, 0.2) is 0 Å². The lowest BCUT2D eigenvalue weighted by Crippen LogP contribution is -2.26. The Labute approximate surface area is 109 Å². The van der Waals surface area contributed by atoms with Gasteiger partial charge < -0.3 is 10.6 Å². The summed E-state index contributed by atoms with van der Waals surface area (Å²) in [6, 6.07) is 8.00. The van der Waals surface area contributed by atoms with Gasteiger partial charge in [-0.1, -0.05) is 25.5 Å². The van der Waals surface area contributed by atoms with Crippen molar-refractivity contribution >= 4 is 11.6 Å². The average molecular weight is 246 g/mol. The minimum Gasteiger partial charge on any atom is -0.399 e. The first-order chi connectivity index (χ1) is 8.69. The van der Waals surface area contributed by atoms with Gasteiger partial charge in [0.25, 0.3) is 0 Å². The number of rotatable bonds is 5. The van der Waals surface area contributed by atoms with Crippen molar-refractivity contribution in [2.45, 2.75) is 32.6 Å². The second-order valence-corrected chi connectivity index (χ2v) is 5.16. The molecule has 1 aromatic rings. The van der Waals surface area contributed by atoms with Crippen LogP contribution in [0, 0.1) is 5.92 Å². The maximum absolute atomic E-state index is 11.7. The number of nitrogens with two attached hydrogens (primary N) is 1. The molecule has 98 valence electrons. The SMILES string of the molecule is CCC1CC(=O)N(CCCc2ccc(N)cc2)C1. The van der Waals surface area contributed by atoms with E-state index in [0.29, 0.717) is 11.8 Å². The lowest BCUT2D eigenvalue weighted by atomic mass is 10.1. The van der Waals surface area contributed by atoms with Gasteiger partial charge in [-0.15, -0.1) is 0 Å². The Morgan fingerprint density at radius 2 is 2.06 bits per heavy atom. The molecule has 1 saturated heterocycles. The van der Waals surface area contributed by atoms with Crippen LogP contribution in [0.25, 0.3) is 0 Å². The maximum atomic E-state index is 11.7. The molecule has 0 aliphatic carbocycles. The minimum atomic E-state index is 0.333. The first-order valence-electron chi connectivity index (χ1n) is 6.81. The van der Waals surface area contributed by atoms with Gasteiger partial charge in [-0.3, -0.25) is 4.79 Å². The Morgan fingerprint density at radius 1 is 1.33 bits per heavy atom. The zero-order valence-electron chi connectivity index (χ0n) is 11.1. The fraction of sp³-hybridized carbons (Fsp3) is 0.533. The van der Waals surface area contributed by atoms with Crippen LogP contribution in [-0.4, -0.2) is 23.9 Å². The van der Waals surface area contributed by atoms with Crippen molar-refractivity contribution in [1.29, 1.82) is 0 Å². The molecule has 1 heterocycles. The molecule has 1 aromatic carbocycles. The predicted molar refractivity (Wildman–Crippen MR) is 74.2 cm³/mol. The van der Waals surface area contributed by atoms with Crippen molar-refractivity contribution < 1.29 is 4.79 Å². The monoisotopic (exact) mass is 246 g/mol. The van der Waals surface area contributed by atoms with E-state index in [9.17, 15) is 4.79 Å². The third-order valence-electron chi connectivity index (χ3n) is 3.75. The summed E-state index contributed by atoms with van der Waals surface area (Å²) < 4.78 is 0. The third kappa shape index (κ3) is 3.25. The molecular weight excluding hydrogens is 224 g/mol. The smallest absolute Gasteiger partial charge is 0.222 e.